The van der Waals surface area contributed by atoms with E-state index in [1.54, 1.807) is 0 Å². The molecule has 1 aromatic heterocycles. The third-order valence-electron chi connectivity index (χ3n) is 1.21. The van der Waals surface area contributed by atoms with Crippen LogP contribution in [0.4, 0.5) is 13.2 Å². The van der Waals surface area contributed by atoms with Crippen molar-refractivity contribution in [1.82, 2.24) is 4.98 Å². The number of hydrogen-bond donors (Lipinski definition) is 1. The van der Waals surface area contributed by atoms with Gasteiger partial charge in [-0.2, -0.15) is 0 Å². The van der Waals surface area contributed by atoms with Crippen LogP contribution in [0, 0.1) is 5.82 Å². The van der Waals surface area contributed by atoms with Crippen LogP contribution in [0.1, 0.15) is 12.0 Å². The van der Waals surface area contributed by atoms with Gasteiger partial charge in [0.25, 0.3) is 6.43 Å². The molecular weight excluding hydrogens is 239 g/mol. The Bertz CT molecular complexity index is 305. The summed E-state index contributed by atoms with van der Waals surface area (Å²) in [6, 6.07) is 0. The van der Waals surface area contributed by atoms with Gasteiger partial charge in [0.2, 0.25) is 0 Å². The van der Waals surface area contributed by atoms with Crippen LogP contribution in [0.15, 0.2) is 10.8 Å². The van der Waals surface area contributed by atoms with Crippen LogP contribution in [-0.4, -0.2) is 10.1 Å². The smallest absolute Gasteiger partial charge is 0.268 e. The molecular formula is C6H3BrF3NO. The number of pyridine rings is 1. The summed E-state index contributed by atoms with van der Waals surface area (Å²) >= 11 is 2.68. The molecule has 0 saturated carbocycles. The second-order valence-corrected chi connectivity index (χ2v) is 2.72. The molecule has 66 valence electrons. The van der Waals surface area contributed by atoms with E-state index >= 15 is 0 Å². The zero-order valence-corrected chi connectivity index (χ0v) is 7.15. The number of halogens is 4. The Balaban J connectivity index is 3.27. The highest BCUT2D eigenvalue weighted by Crippen LogP contribution is 2.31. The molecule has 1 rings (SSSR count). The topological polar surface area (TPSA) is 33.1 Å². The highest BCUT2D eigenvalue weighted by Gasteiger charge is 2.18. The van der Waals surface area contributed by atoms with E-state index in [0.29, 0.717) is 6.20 Å². The van der Waals surface area contributed by atoms with Gasteiger partial charge in [0.05, 0.1) is 5.56 Å². The normalized spacial score (nSPS) is 10.8. The predicted molar refractivity (Wildman–Crippen MR) is 38.5 cm³/mol. The SMILES string of the molecule is Oc1c(Br)ncc(C(F)F)c1F. The van der Waals surface area contributed by atoms with Gasteiger partial charge < -0.3 is 5.11 Å². The molecule has 0 radical (unpaired) electrons. The minimum absolute atomic E-state index is 0.190. The number of rotatable bonds is 1. The number of aromatic hydroxyl groups is 1. The van der Waals surface area contributed by atoms with Crippen LogP contribution in [0.5, 0.6) is 5.75 Å². The van der Waals surface area contributed by atoms with E-state index < -0.39 is 23.6 Å². The monoisotopic (exact) mass is 241 g/mol. The number of nitrogens with zero attached hydrogens (tertiary/aromatic N) is 1. The van der Waals surface area contributed by atoms with Crippen LogP contribution in [0.25, 0.3) is 0 Å². The summed E-state index contributed by atoms with van der Waals surface area (Å²) in [5, 5.41) is 8.82. The van der Waals surface area contributed by atoms with Crippen molar-refractivity contribution < 1.29 is 18.3 Å². The lowest BCUT2D eigenvalue weighted by Gasteiger charge is -2.03. The Kier molecular flexibility index (Phi) is 2.56. The molecule has 0 aliphatic rings. The largest absolute Gasteiger partial charge is 0.503 e. The summed E-state index contributed by atoms with van der Waals surface area (Å²) < 4.78 is 36.4. The standard InChI is InChI=1S/C6H3BrF3NO/c7-5-4(12)3(8)2(1-11-5)6(9)10/h1,6,12H. The first-order valence-electron chi connectivity index (χ1n) is 2.85. The van der Waals surface area contributed by atoms with Crippen LogP contribution < -0.4 is 0 Å². The Morgan fingerprint density at radius 1 is 1.50 bits per heavy atom. The second kappa shape index (κ2) is 3.30. The van der Waals surface area contributed by atoms with Gasteiger partial charge in [0, 0.05) is 6.20 Å². The Morgan fingerprint density at radius 3 is 2.58 bits per heavy atom. The molecule has 0 unspecified atom stereocenters. The molecule has 2 nitrogen and oxygen atoms in total. The lowest BCUT2D eigenvalue weighted by Crippen LogP contribution is -1.93. The maximum absolute atomic E-state index is 12.7. The summed E-state index contributed by atoms with van der Waals surface area (Å²) in [6.45, 7) is 0. The molecule has 0 amide bonds. The first kappa shape index (κ1) is 9.31. The van der Waals surface area contributed by atoms with Gasteiger partial charge in [-0.25, -0.2) is 18.2 Å². The van der Waals surface area contributed by atoms with E-state index in [-0.39, 0.29) is 4.60 Å². The average Bonchev–Trinajstić information content (AvgIpc) is 2.00. The van der Waals surface area contributed by atoms with Crippen molar-refractivity contribution in [2.24, 2.45) is 0 Å². The highest BCUT2D eigenvalue weighted by atomic mass is 79.9. The van der Waals surface area contributed by atoms with Crippen LogP contribution in [0.3, 0.4) is 0 Å². The molecule has 0 aliphatic carbocycles. The fourth-order valence-electron chi connectivity index (χ4n) is 0.623. The summed E-state index contributed by atoms with van der Waals surface area (Å²) in [7, 11) is 0. The molecule has 0 aliphatic heterocycles. The zero-order chi connectivity index (χ0) is 9.30. The van der Waals surface area contributed by atoms with Crippen LogP contribution in [-0.2, 0) is 0 Å². The minimum atomic E-state index is -2.98. The molecule has 6 heteroatoms. The molecule has 12 heavy (non-hydrogen) atoms. The first-order valence-corrected chi connectivity index (χ1v) is 3.64. The molecule has 1 N–H and O–H groups in total. The lowest BCUT2D eigenvalue weighted by molar-refractivity contribution is 0.144. The molecule has 1 heterocycles. The van der Waals surface area contributed by atoms with Crippen molar-refractivity contribution in [2.45, 2.75) is 6.43 Å². The van der Waals surface area contributed by atoms with Crippen molar-refractivity contribution in [3.63, 3.8) is 0 Å². The zero-order valence-electron chi connectivity index (χ0n) is 5.56. The van der Waals surface area contributed by atoms with Crippen molar-refractivity contribution in [3.05, 3.63) is 22.2 Å². The summed E-state index contributed by atoms with van der Waals surface area (Å²) in [5.41, 5.74) is -0.907. The van der Waals surface area contributed by atoms with Gasteiger partial charge in [-0.1, -0.05) is 0 Å². The molecule has 0 atom stereocenters. The third kappa shape index (κ3) is 1.52. The Hall–Kier alpha value is -0.780. The Morgan fingerprint density at radius 2 is 2.08 bits per heavy atom. The highest BCUT2D eigenvalue weighted by molar-refractivity contribution is 9.10. The molecule has 1 aromatic rings. The molecule has 0 fully saturated rings. The lowest BCUT2D eigenvalue weighted by atomic mass is 10.3. The molecule has 0 saturated heterocycles. The van der Waals surface area contributed by atoms with Gasteiger partial charge in [0.1, 0.15) is 0 Å². The second-order valence-electron chi connectivity index (χ2n) is 1.97. The van der Waals surface area contributed by atoms with Gasteiger partial charge in [-0.05, 0) is 15.9 Å². The van der Waals surface area contributed by atoms with Crippen LogP contribution in [0.2, 0.25) is 0 Å². The van der Waals surface area contributed by atoms with Gasteiger partial charge in [-0.3, -0.25) is 0 Å². The number of alkyl halides is 2. The summed E-state index contributed by atoms with van der Waals surface area (Å²) in [4.78, 5) is 3.31. The fourth-order valence-corrected chi connectivity index (χ4v) is 0.900. The number of hydrogen-bond acceptors (Lipinski definition) is 2. The number of aromatic nitrogens is 1. The van der Waals surface area contributed by atoms with Crippen molar-refractivity contribution in [1.29, 1.82) is 0 Å². The van der Waals surface area contributed by atoms with E-state index in [4.69, 9.17) is 5.11 Å². The van der Waals surface area contributed by atoms with E-state index in [9.17, 15) is 13.2 Å². The van der Waals surface area contributed by atoms with Crippen molar-refractivity contribution in [2.75, 3.05) is 0 Å². The molecule has 0 bridgehead atoms. The molecule has 0 aromatic carbocycles. The predicted octanol–water partition coefficient (Wildman–Crippen LogP) is 2.63. The van der Waals surface area contributed by atoms with Gasteiger partial charge in [0.15, 0.2) is 16.2 Å². The third-order valence-corrected chi connectivity index (χ3v) is 1.79. The fraction of sp³-hybridized carbons (Fsp3) is 0.167. The Labute approximate surface area is 74.2 Å². The quantitative estimate of drug-likeness (QED) is 0.768. The first-order chi connectivity index (χ1) is 5.54. The maximum atomic E-state index is 12.7. The summed E-state index contributed by atoms with van der Waals surface area (Å²) in [6.07, 6.45) is -2.31. The van der Waals surface area contributed by atoms with Crippen molar-refractivity contribution >= 4 is 15.9 Å². The van der Waals surface area contributed by atoms with E-state index in [2.05, 4.69) is 20.9 Å². The summed E-state index contributed by atoms with van der Waals surface area (Å²) in [5.74, 6) is -2.24. The van der Waals surface area contributed by atoms with E-state index in [1.807, 2.05) is 0 Å². The van der Waals surface area contributed by atoms with Gasteiger partial charge in [-0.15, -0.1) is 0 Å². The molecule has 0 spiro atoms. The van der Waals surface area contributed by atoms with E-state index in [0.717, 1.165) is 0 Å². The van der Waals surface area contributed by atoms with Crippen LogP contribution >= 0.6 is 15.9 Å². The maximum Gasteiger partial charge on any atom is 0.268 e. The van der Waals surface area contributed by atoms with Gasteiger partial charge >= 0.3 is 0 Å². The van der Waals surface area contributed by atoms with Crippen molar-refractivity contribution in [3.8, 4) is 5.75 Å². The average molecular weight is 242 g/mol. The minimum Gasteiger partial charge on any atom is -0.503 e. The van der Waals surface area contributed by atoms with E-state index in [1.165, 1.54) is 0 Å².